The predicted molar refractivity (Wildman–Crippen MR) is 97.4 cm³/mol. The first-order valence-electron chi connectivity index (χ1n) is 8.28. The molecule has 0 spiro atoms. The number of ether oxygens (including phenoxy) is 3. The molecule has 6 heteroatoms. The van der Waals surface area contributed by atoms with Gasteiger partial charge in [0.2, 0.25) is 6.79 Å². The van der Waals surface area contributed by atoms with E-state index in [4.69, 9.17) is 14.2 Å². The predicted octanol–water partition coefficient (Wildman–Crippen LogP) is 2.47. The summed E-state index contributed by atoms with van der Waals surface area (Å²) in [7, 11) is 1.75. The Morgan fingerprint density at radius 1 is 1.12 bits per heavy atom. The summed E-state index contributed by atoms with van der Waals surface area (Å²) in [6.45, 7) is 4.20. The van der Waals surface area contributed by atoms with Crippen molar-refractivity contribution >= 4 is 5.96 Å². The number of hydrogen-bond donors (Lipinski definition) is 2. The number of aliphatic imine (C=N–C) groups is 1. The summed E-state index contributed by atoms with van der Waals surface area (Å²) >= 11 is 0. The molecule has 0 atom stereocenters. The molecule has 0 bridgehead atoms. The van der Waals surface area contributed by atoms with E-state index in [0.717, 1.165) is 34.3 Å². The van der Waals surface area contributed by atoms with Crippen LogP contribution in [-0.2, 0) is 6.54 Å². The van der Waals surface area contributed by atoms with E-state index in [2.05, 4.69) is 15.6 Å². The monoisotopic (exact) mass is 341 g/mol. The van der Waals surface area contributed by atoms with Gasteiger partial charge in [-0.1, -0.05) is 24.3 Å². The third-order valence-electron chi connectivity index (χ3n) is 3.87. The van der Waals surface area contributed by atoms with Crippen LogP contribution in [0, 0.1) is 6.92 Å². The van der Waals surface area contributed by atoms with Crippen LogP contribution in [0.4, 0.5) is 0 Å². The lowest BCUT2D eigenvalue weighted by Gasteiger charge is -2.13. The minimum Gasteiger partial charge on any atom is -0.491 e. The largest absolute Gasteiger partial charge is 0.491 e. The lowest BCUT2D eigenvalue weighted by molar-refractivity contribution is 0.174. The Balaban J connectivity index is 1.42. The molecule has 0 aliphatic carbocycles. The second-order valence-electron chi connectivity index (χ2n) is 5.65. The SMILES string of the molecule is CN=C(NCCOc1ccccc1C)NCc1ccc2c(c1)OCO2. The van der Waals surface area contributed by atoms with Crippen LogP contribution in [-0.4, -0.2) is 33.0 Å². The zero-order valence-corrected chi connectivity index (χ0v) is 14.5. The van der Waals surface area contributed by atoms with Crippen LogP contribution < -0.4 is 24.8 Å². The minimum absolute atomic E-state index is 0.288. The number of fused-ring (bicyclic) bond motifs is 1. The highest BCUT2D eigenvalue weighted by atomic mass is 16.7. The van der Waals surface area contributed by atoms with Crippen molar-refractivity contribution in [2.24, 2.45) is 4.99 Å². The van der Waals surface area contributed by atoms with Gasteiger partial charge in [0.15, 0.2) is 17.5 Å². The van der Waals surface area contributed by atoms with E-state index in [-0.39, 0.29) is 6.79 Å². The highest BCUT2D eigenvalue weighted by Gasteiger charge is 2.13. The molecule has 0 amide bonds. The fourth-order valence-corrected chi connectivity index (χ4v) is 2.51. The molecule has 0 radical (unpaired) electrons. The van der Waals surface area contributed by atoms with Crippen molar-refractivity contribution in [1.82, 2.24) is 10.6 Å². The minimum atomic E-state index is 0.288. The highest BCUT2D eigenvalue weighted by molar-refractivity contribution is 5.79. The Morgan fingerprint density at radius 3 is 2.80 bits per heavy atom. The first kappa shape index (κ1) is 17.0. The molecule has 132 valence electrons. The third-order valence-corrected chi connectivity index (χ3v) is 3.87. The molecule has 2 N–H and O–H groups in total. The van der Waals surface area contributed by atoms with Crippen molar-refractivity contribution in [2.45, 2.75) is 13.5 Å². The average molecular weight is 341 g/mol. The van der Waals surface area contributed by atoms with Crippen molar-refractivity contribution in [3.63, 3.8) is 0 Å². The van der Waals surface area contributed by atoms with Gasteiger partial charge < -0.3 is 24.8 Å². The summed E-state index contributed by atoms with van der Waals surface area (Å²) < 4.78 is 16.5. The fraction of sp³-hybridized carbons (Fsp3) is 0.316. The molecule has 6 nitrogen and oxygen atoms in total. The first-order valence-corrected chi connectivity index (χ1v) is 8.28. The van der Waals surface area contributed by atoms with Gasteiger partial charge >= 0.3 is 0 Å². The maximum absolute atomic E-state index is 5.77. The zero-order valence-electron chi connectivity index (χ0n) is 14.5. The van der Waals surface area contributed by atoms with E-state index < -0.39 is 0 Å². The summed E-state index contributed by atoms with van der Waals surface area (Å²) in [5.41, 5.74) is 2.23. The highest BCUT2D eigenvalue weighted by Crippen LogP contribution is 2.32. The topological polar surface area (TPSA) is 64.1 Å². The quantitative estimate of drug-likeness (QED) is 0.480. The van der Waals surface area contributed by atoms with Gasteiger partial charge in [0.25, 0.3) is 0 Å². The van der Waals surface area contributed by atoms with Crippen LogP contribution in [0.2, 0.25) is 0 Å². The van der Waals surface area contributed by atoms with Crippen LogP contribution >= 0.6 is 0 Å². The standard InChI is InChI=1S/C19H23N3O3/c1-14-5-3-4-6-16(14)23-10-9-21-19(20-2)22-12-15-7-8-17-18(11-15)25-13-24-17/h3-8,11H,9-10,12-13H2,1-2H3,(H2,20,21,22). The number of nitrogens with one attached hydrogen (secondary N) is 2. The van der Waals surface area contributed by atoms with Gasteiger partial charge in [-0.2, -0.15) is 0 Å². The number of benzene rings is 2. The Labute approximate surface area is 147 Å². The normalized spacial score (nSPS) is 12.8. The molecule has 0 aromatic heterocycles. The zero-order chi connectivity index (χ0) is 17.5. The van der Waals surface area contributed by atoms with E-state index in [1.54, 1.807) is 7.05 Å². The molecule has 1 heterocycles. The van der Waals surface area contributed by atoms with E-state index in [9.17, 15) is 0 Å². The molecule has 1 aliphatic rings. The smallest absolute Gasteiger partial charge is 0.231 e. The first-order chi connectivity index (χ1) is 12.3. The average Bonchev–Trinajstić information content (AvgIpc) is 3.10. The van der Waals surface area contributed by atoms with Crippen molar-refractivity contribution < 1.29 is 14.2 Å². The molecule has 2 aromatic carbocycles. The number of hydrogen-bond acceptors (Lipinski definition) is 4. The van der Waals surface area contributed by atoms with Gasteiger partial charge in [-0.15, -0.1) is 0 Å². The van der Waals surface area contributed by atoms with Crippen LogP contribution in [0.15, 0.2) is 47.5 Å². The summed E-state index contributed by atoms with van der Waals surface area (Å²) in [6, 6.07) is 13.9. The Morgan fingerprint density at radius 2 is 1.96 bits per heavy atom. The molecule has 0 saturated heterocycles. The van der Waals surface area contributed by atoms with Crippen molar-refractivity contribution in [3.8, 4) is 17.2 Å². The van der Waals surface area contributed by atoms with Gasteiger partial charge in [0.1, 0.15) is 12.4 Å². The lowest BCUT2D eigenvalue weighted by Crippen LogP contribution is -2.38. The molecule has 0 fully saturated rings. The molecular weight excluding hydrogens is 318 g/mol. The van der Waals surface area contributed by atoms with Crippen molar-refractivity contribution in [1.29, 1.82) is 0 Å². The fourth-order valence-electron chi connectivity index (χ4n) is 2.51. The number of rotatable bonds is 6. The van der Waals surface area contributed by atoms with Gasteiger partial charge in [0.05, 0.1) is 6.54 Å². The summed E-state index contributed by atoms with van der Waals surface area (Å²) in [5, 5.41) is 6.51. The van der Waals surface area contributed by atoms with E-state index in [1.165, 1.54) is 0 Å². The molecule has 0 saturated carbocycles. The van der Waals surface area contributed by atoms with Crippen molar-refractivity contribution in [3.05, 3.63) is 53.6 Å². The molecule has 25 heavy (non-hydrogen) atoms. The Hall–Kier alpha value is -2.89. The molecule has 0 unspecified atom stereocenters. The Bertz CT molecular complexity index is 746. The Kier molecular flexibility index (Phi) is 5.61. The van der Waals surface area contributed by atoms with Gasteiger partial charge in [0, 0.05) is 13.6 Å². The summed E-state index contributed by atoms with van der Waals surface area (Å²) in [5.74, 6) is 3.21. The lowest BCUT2D eigenvalue weighted by atomic mass is 10.2. The maximum atomic E-state index is 5.77. The van der Waals surface area contributed by atoms with Crippen LogP contribution in [0.25, 0.3) is 0 Å². The number of nitrogens with zero attached hydrogens (tertiary/aromatic N) is 1. The van der Waals surface area contributed by atoms with Crippen LogP contribution in [0.5, 0.6) is 17.2 Å². The van der Waals surface area contributed by atoms with Crippen molar-refractivity contribution in [2.75, 3.05) is 27.0 Å². The van der Waals surface area contributed by atoms with Crippen LogP contribution in [0.1, 0.15) is 11.1 Å². The number of guanidine groups is 1. The summed E-state index contributed by atoms with van der Waals surface area (Å²) in [4.78, 5) is 4.22. The van der Waals surface area contributed by atoms with Crippen LogP contribution in [0.3, 0.4) is 0 Å². The molecular formula is C19H23N3O3. The second-order valence-corrected chi connectivity index (χ2v) is 5.65. The molecule has 2 aromatic rings. The maximum Gasteiger partial charge on any atom is 0.231 e. The van der Waals surface area contributed by atoms with Gasteiger partial charge in [-0.3, -0.25) is 4.99 Å². The molecule has 3 rings (SSSR count). The van der Waals surface area contributed by atoms with Gasteiger partial charge in [-0.05, 0) is 36.2 Å². The van der Waals surface area contributed by atoms with E-state index in [0.29, 0.717) is 19.7 Å². The van der Waals surface area contributed by atoms with E-state index >= 15 is 0 Å². The van der Waals surface area contributed by atoms with Gasteiger partial charge in [-0.25, -0.2) is 0 Å². The number of para-hydroxylation sites is 1. The van der Waals surface area contributed by atoms with E-state index in [1.807, 2.05) is 49.4 Å². The second kappa shape index (κ2) is 8.28. The number of aryl methyl sites for hydroxylation is 1. The third kappa shape index (κ3) is 4.56. The summed E-state index contributed by atoms with van der Waals surface area (Å²) in [6.07, 6.45) is 0. The molecule has 1 aliphatic heterocycles.